The molecule has 0 unspecified atom stereocenters. The summed E-state index contributed by atoms with van der Waals surface area (Å²) in [4.78, 5) is 17.1. The van der Waals surface area contributed by atoms with Crippen molar-refractivity contribution in [2.45, 2.75) is 6.92 Å². The van der Waals surface area contributed by atoms with E-state index in [1.165, 1.54) is 0 Å². The molecule has 1 saturated heterocycles. The van der Waals surface area contributed by atoms with Crippen LogP contribution in [0.1, 0.15) is 17.4 Å². The molecule has 22 heavy (non-hydrogen) atoms. The maximum absolute atomic E-state index is 12.8. The van der Waals surface area contributed by atoms with Crippen LogP contribution in [0, 0.1) is 0 Å². The molecule has 118 valence electrons. The molecule has 0 spiro atoms. The van der Waals surface area contributed by atoms with E-state index in [4.69, 9.17) is 4.74 Å². The SMILES string of the molecule is CCN1CCN(C(=O)c2cc3cc(OC)ccc3n2C)CC1. The van der Waals surface area contributed by atoms with E-state index in [-0.39, 0.29) is 5.91 Å². The van der Waals surface area contributed by atoms with E-state index in [0.717, 1.165) is 55.1 Å². The summed E-state index contributed by atoms with van der Waals surface area (Å²) in [5.41, 5.74) is 1.80. The van der Waals surface area contributed by atoms with Crippen LogP contribution in [-0.2, 0) is 7.05 Å². The van der Waals surface area contributed by atoms with Gasteiger partial charge in [0.1, 0.15) is 11.4 Å². The summed E-state index contributed by atoms with van der Waals surface area (Å²) in [7, 11) is 3.60. The van der Waals surface area contributed by atoms with Crippen molar-refractivity contribution in [1.29, 1.82) is 0 Å². The Morgan fingerprint density at radius 3 is 2.55 bits per heavy atom. The summed E-state index contributed by atoms with van der Waals surface area (Å²) >= 11 is 0. The Hall–Kier alpha value is -2.01. The number of likely N-dealkylation sites (N-methyl/N-ethyl adjacent to an activating group) is 1. The molecule has 1 aliphatic rings. The van der Waals surface area contributed by atoms with Crippen molar-refractivity contribution in [2.75, 3.05) is 39.8 Å². The normalized spacial score (nSPS) is 16.2. The van der Waals surface area contributed by atoms with E-state index in [2.05, 4.69) is 11.8 Å². The number of fused-ring (bicyclic) bond motifs is 1. The molecule has 0 atom stereocenters. The van der Waals surface area contributed by atoms with Gasteiger partial charge in [-0.1, -0.05) is 6.92 Å². The maximum atomic E-state index is 12.8. The fraction of sp³-hybridized carbons (Fsp3) is 0.471. The maximum Gasteiger partial charge on any atom is 0.270 e. The summed E-state index contributed by atoms with van der Waals surface area (Å²) < 4.78 is 7.24. The van der Waals surface area contributed by atoms with Crippen LogP contribution in [0.2, 0.25) is 0 Å². The van der Waals surface area contributed by atoms with Crippen molar-refractivity contribution >= 4 is 16.8 Å². The Morgan fingerprint density at radius 1 is 1.18 bits per heavy atom. The highest BCUT2D eigenvalue weighted by molar-refractivity contribution is 5.99. The molecule has 1 fully saturated rings. The van der Waals surface area contributed by atoms with Gasteiger partial charge in [-0.15, -0.1) is 0 Å². The van der Waals surface area contributed by atoms with Crippen LogP contribution >= 0.6 is 0 Å². The van der Waals surface area contributed by atoms with E-state index < -0.39 is 0 Å². The van der Waals surface area contributed by atoms with Crippen LogP contribution in [0.4, 0.5) is 0 Å². The van der Waals surface area contributed by atoms with Crippen LogP contribution in [0.5, 0.6) is 5.75 Å². The van der Waals surface area contributed by atoms with Gasteiger partial charge in [-0.05, 0) is 30.8 Å². The second kappa shape index (κ2) is 6.01. The molecule has 0 aliphatic carbocycles. The van der Waals surface area contributed by atoms with Crippen LogP contribution in [-0.4, -0.2) is 60.1 Å². The topological polar surface area (TPSA) is 37.7 Å². The lowest BCUT2D eigenvalue weighted by Gasteiger charge is -2.34. The number of benzene rings is 1. The summed E-state index contributed by atoms with van der Waals surface area (Å²) in [6.07, 6.45) is 0. The van der Waals surface area contributed by atoms with Gasteiger partial charge < -0.3 is 19.1 Å². The Morgan fingerprint density at radius 2 is 1.91 bits per heavy atom. The predicted octanol–water partition coefficient (Wildman–Crippen LogP) is 1.96. The minimum absolute atomic E-state index is 0.119. The molecule has 0 bridgehead atoms. The molecular formula is C17H23N3O2. The molecule has 1 aromatic carbocycles. The van der Waals surface area contributed by atoms with Gasteiger partial charge in [0.25, 0.3) is 5.91 Å². The average Bonchev–Trinajstić information content (AvgIpc) is 2.90. The summed E-state index contributed by atoms with van der Waals surface area (Å²) in [6.45, 7) is 6.74. The van der Waals surface area contributed by atoms with E-state index in [9.17, 15) is 4.79 Å². The lowest BCUT2D eigenvalue weighted by Crippen LogP contribution is -2.48. The van der Waals surface area contributed by atoms with E-state index in [0.29, 0.717) is 0 Å². The Labute approximate surface area is 131 Å². The fourth-order valence-corrected chi connectivity index (χ4v) is 3.09. The van der Waals surface area contributed by atoms with Gasteiger partial charge in [0, 0.05) is 44.1 Å². The van der Waals surface area contributed by atoms with Crippen LogP contribution < -0.4 is 4.74 Å². The van der Waals surface area contributed by atoms with Gasteiger partial charge >= 0.3 is 0 Å². The molecule has 2 aromatic rings. The lowest BCUT2D eigenvalue weighted by molar-refractivity contribution is 0.0634. The van der Waals surface area contributed by atoms with Gasteiger partial charge in [-0.2, -0.15) is 0 Å². The summed E-state index contributed by atoms with van der Waals surface area (Å²) in [5, 5.41) is 1.04. The number of nitrogens with zero attached hydrogens (tertiary/aromatic N) is 3. The van der Waals surface area contributed by atoms with Crippen molar-refractivity contribution in [1.82, 2.24) is 14.4 Å². The molecule has 2 heterocycles. The number of methoxy groups -OCH3 is 1. The highest BCUT2D eigenvalue weighted by Gasteiger charge is 2.23. The first kappa shape index (κ1) is 14.9. The minimum Gasteiger partial charge on any atom is -0.497 e. The third kappa shape index (κ3) is 2.57. The molecule has 0 N–H and O–H groups in total. The molecule has 5 heteroatoms. The first-order valence-electron chi connectivity index (χ1n) is 7.79. The highest BCUT2D eigenvalue weighted by Crippen LogP contribution is 2.24. The van der Waals surface area contributed by atoms with Crippen LogP contribution in [0.3, 0.4) is 0 Å². The fourth-order valence-electron chi connectivity index (χ4n) is 3.09. The molecule has 0 saturated carbocycles. The van der Waals surface area contributed by atoms with Gasteiger partial charge in [-0.3, -0.25) is 4.79 Å². The van der Waals surface area contributed by atoms with Gasteiger partial charge in [0.2, 0.25) is 0 Å². The largest absolute Gasteiger partial charge is 0.497 e. The first-order valence-corrected chi connectivity index (χ1v) is 7.79. The van der Waals surface area contributed by atoms with E-state index in [1.54, 1.807) is 7.11 Å². The van der Waals surface area contributed by atoms with Crippen molar-refractivity contribution < 1.29 is 9.53 Å². The number of piperazine rings is 1. The van der Waals surface area contributed by atoms with Crippen LogP contribution in [0.15, 0.2) is 24.3 Å². The molecule has 0 radical (unpaired) electrons. The number of hydrogen-bond donors (Lipinski definition) is 0. The number of aromatic nitrogens is 1. The number of carbonyl (C=O) groups excluding carboxylic acids is 1. The second-order valence-corrected chi connectivity index (χ2v) is 5.74. The molecule has 1 aromatic heterocycles. The zero-order valence-electron chi connectivity index (χ0n) is 13.5. The standard InChI is InChI=1S/C17H23N3O2/c1-4-19-7-9-20(10-8-19)17(21)16-12-13-11-14(22-3)5-6-15(13)18(16)2/h5-6,11-12H,4,7-10H2,1-3H3. The first-order chi connectivity index (χ1) is 10.6. The molecule has 1 aliphatic heterocycles. The number of carbonyl (C=O) groups is 1. The third-order valence-corrected chi connectivity index (χ3v) is 4.58. The van der Waals surface area contributed by atoms with Crippen molar-refractivity contribution in [3.63, 3.8) is 0 Å². The van der Waals surface area contributed by atoms with Crippen molar-refractivity contribution in [2.24, 2.45) is 7.05 Å². The van der Waals surface area contributed by atoms with Gasteiger partial charge in [0.15, 0.2) is 0 Å². The third-order valence-electron chi connectivity index (χ3n) is 4.58. The monoisotopic (exact) mass is 301 g/mol. The lowest BCUT2D eigenvalue weighted by atomic mass is 10.2. The zero-order valence-corrected chi connectivity index (χ0v) is 13.5. The Kier molecular flexibility index (Phi) is 4.07. The molecule has 3 rings (SSSR count). The molecular weight excluding hydrogens is 278 g/mol. The summed E-state index contributed by atoms with van der Waals surface area (Å²) in [6, 6.07) is 7.87. The quantitative estimate of drug-likeness (QED) is 0.870. The van der Waals surface area contributed by atoms with Crippen LogP contribution in [0.25, 0.3) is 10.9 Å². The highest BCUT2D eigenvalue weighted by atomic mass is 16.5. The number of aryl methyl sites for hydroxylation is 1. The molecule has 1 amide bonds. The second-order valence-electron chi connectivity index (χ2n) is 5.74. The summed E-state index contributed by atoms with van der Waals surface area (Å²) in [5.74, 6) is 0.932. The number of ether oxygens (including phenoxy) is 1. The van der Waals surface area contributed by atoms with Gasteiger partial charge in [-0.25, -0.2) is 0 Å². The van der Waals surface area contributed by atoms with Gasteiger partial charge in [0.05, 0.1) is 7.11 Å². The predicted molar refractivity (Wildman–Crippen MR) is 87.5 cm³/mol. The smallest absolute Gasteiger partial charge is 0.270 e. The number of amides is 1. The average molecular weight is 301 g/mol. The Balaban J connectivity index is 1.86. The number of rotatable bonds is 3. The molecule has 5 nitrogen and oxygen atoms in total. The number of hydrogen-bond acceptors (Lipinski definition) is 3. The Bertz CT molecular complexity index is 685. The minimum atomic E-state index is 0.119. The van der Waals surface area contributed by atoms with E-state index >= 15 is 0 Å². The van der Waals surface area contributed by atoms with Crippen molar-refractivity contribution in [3.05, 3.63) is 30.0 Å². The van der Waals surface area contributed by atoms with E-state index in [1.807, 2.05) is 40.8 Å². The van der Waals surface area contributed by atoms with Crippen molar-refractivity contribution in [3.8, 4) is 5.75 Å². The zero-order chi connectivity index (χ0) is 15.7.